The first kappa shape index (κ1) is 16.2. The maximum Gasteiger partial charge on any atom is 0.257 e. The third-order valence-corrected chi connectivity index (χ3v) is 3.69. The van der Waals surface area contributed by atoms with E-state index < -0.39 is 5.82 Å². The number of halogens is 3. The first-order valence-electron chi connectivity index (χ1n) is 6.00. The molecule has 2 rings (SSSR count). The predicted octanol–water partition coefficient (Wildman–Crippen LogP) is 2.72. The van der Waals surface area contributed by atoms with E-state index >= 15 is 0 Å². The summed E-state index contributed by atoms with van der Waals surface area (Å²) in [5.74, 6) is -0.837. The number of carbonyl (C=O) groups excluding carboxylic acids is 1. The number of rotatable bonds is 1. The normalized spacial score (nSPS) is 22.8. The van der Waals surface area contributed by atoms with E-state index in [-0.39, 0.29) is 36.0 Å². The van der Waals surface area contributed by atoms with Crippen LogP contribution >= 0.6 is 24.0 Å². The average Bonchev–Trinajstić information content (AvgIpc) is 2.32. The third kappa shape index (κ3) is 3.38. The molecular weight excluding hydrogens is 290 g/mol. The second kappa shape index (κ2) is 6.55. The Morgan fingerprint density at radius 1 is 1.47 bits per heavy atom. The molecular formula is C13H17Cl2FN2O. The van der Waals surface area contributed by atoms with Gasteiger partial charge in [-0.3, -0.25) is 4.79 Å². The number of carbonyl (C=O) groups is 1. The summed E-state index contributed by atoms with van der Waals surface area (Å²) in [5.41, 5.74) is 0.0837. The van der Waals surface area contributed by atoms with Gasteiger partial charge in [0.25, 0.3) is 5.91 Å². The molecule has 19 heavy (non-hydrogen) atoms. The molecule has 1 fully saturated rings. The van der Waals surface area contributed by atoms with Crippen LogP contribution < -0.4 is 5.32 Å². The molecule has 6 heteroatoms. The van der Waals surface area contributed by atoms with Gasteiger partial charge in [-0.2, -0.15) is 0 Å². The van der Waals surface area contributed by atoms with Gasteiger partial charge in [0.05, 0.1) is 5.56 Å². The van der Waals surface area contributed by atoms with Crippen molar-refractivity contribution in [2.24, 2.45) is 0 Å². The molecule has 0 bridgehead atoms. The minimum absolute atomic E-state index is 0. The quantitative estimate of drug-likeness (QED) is 0.865. The molecule has 1 amide bonds. The Labute approximate surface area is 123 Å². The summed E-state index contributed by atoms with van der Waals surface area (Å²) in [6.45, 7) is 5.30. The molecule has 1 aliphatic heterocycles. The van der Waals surface area contributed by atoms with Gasteiger partial charge < -0.3 is 10.2 Å². The summed E-state index contributed by atoms with van der Waals surface area (Å²) in [6, 6.07) is 4.40. The zero-order valence-electron chi connectivity index (χ0n) is 10.8. The van der Waals surface area contributed by atoms with Crippen molar-refractivity contribution in [2.45, 2.75) is 25.9 Å². The fourth-order valence-electron chi connectivity index (χ4n) is 2.16. The van der Waals surface area contributed by atoms with Gasteiger partial charge in [0.2, 0.25) is 0 Å². The molecule has 2 unspecified atom stereocenters. The van der Waals surface area contributed by atoms with Crippen LogP contribution in [0.5, 0.6) is 0 Å². The Hall–Kier alpha value is -0.840. The smallest absolute Gasteiger partial charge is 0.257 e. The lowest BCUT2D eigenvalue weighted by Gasteiger charge is -2.38. The Morgan fingerprint density at radius 3 is 2.79 bits per heavy atom. The Balaban J connectivity index is 0.00000180. The maximum atomic E-state index is 13.7. The Bertz CT molecular complexity index is 470. The molecule has 0 radical (unpaired) electrons. The molecule has 1 N–H and O–H groups in total. The zero-order chi connectivity index (χ0) is 13.3. The largest absolute Gasteiger partial charge is 0.333 e. The molecule has 1 heterocycles. The topological polar surface area (TPSA) is 32.3 Å². The standard InChI is InChI=1S/C13H16ClFN2O.ClH/c1-8-9(2)17(6-5-16-8)13(18)11-4-3-10(14)7-12(11)15;/h3-4,7-9,16H,5-6H2,1-2H3;1H. The summed E-state index contributed by atoms with van der Waals surface area (Å²) in [4.78, 5) is 14.0. The highest BCUT2D eigenvalue weighted by molar-refractivity contribution is 6.30. The van der Waals surface area contributed by atoms with Gasteiger partial charge in [-0.15, -0.1) is 12.4 Å². The Morgan fingerprint density at radius 2 is 2.16 bits per heavy atom. The zero-order valence-corrected chi connectivity index (χ0v) is 12.4. The highest BCUT2D eigenvalue weighted by atomic mass is 35.5. The van der Waals surface area contributed by atoms with Crippen LogP contribution in [0.2, 0.25) is 5.02 Å². The van der Waals surface area contributed by atoms with E-state index in [1.165, 1.54) is 18.2 Å². The number of hydrogen-bond donors (Lipinski definition) is 1. The lowest BCUT2D eigenvalue weighted by atomic mass is 10.1. The molecule has 0 spiro atoms. The van der Waals surface area contributed by atoms with Crippen LogP contribution in [0.3, 0.4) is 0 Å². The number of nitrogens with zero attached hydrogens (tertiary/aromatic N) is 1. The van der Waals surface area contributed by atoms with Gasteiger partial charge in [-0.05, 0) is 32.0 Å². The lowest BCUT2D eigenvalue weighted by molar-refractivity contribution is 0.0598. The molecule has 0 aromatic heterocycles. The highest BCUT2D eigenvalue weighted by Crippen LogP contribution is 2.19. The third-order valence-electron chi connectivity index (χ3n) is 3.46. The fraction of sp³-hybridized carbons (Fsp3) is 0.462. The van der Waals surface area contributed by atoms with Gasteiger partial charge in [-0.25, -0.2) is 4.39 Å². The van der Waals surface area contributed by atoms with Crippen LogP contribution in [0.25, 0.3) is 0 Å². The number of nitrogens with one attached hydrogen (secondary N) is 1. The number of amides is 1. The molecule has 1 aromatic rings. The van der Waals surface area contributed by atoms with Gasteiger partial charge in [-0.1, -0.05) is 11.6 Å². The van der Waals surface area contributed by atoms with Crippen molar-refractivity contribution in [3.05, 3.63) is 34.6 Å². The Kier molecular flexibility index (Phi) is 5.59. The van der Waals surface area contributed by atoms with Crippen LogP contribution in [-0.2, 0) is 0 Å². The van der Waals surface area contributed by atoms with E-state index in [9.17, 15) is 9.18 Å². The van der Waals surface area contributed by atoms with E-state index in [0.29, 0.717) is 11.6 Å². The SMILES string of the molecule is CC1NCCN(C(=O)c2ccc(Cl)cc2F)C1C.Cl. The van der Waals surface area contributed by atoms with Gasteiger partial charge in [0, 0.05) is 30.2 Å². The van der Waals surface area contributed by atoms with Crippen molar-refractivity contribution < 1.29 is 9.18 Å². The van der Waals surface area contributed by atoms with Crippen molar-refractivity contribution in [1.29, 1.82) is 0 Å². The van der Waals surface area contributed by atoms with E-state index in [4.69, 9.17) is 11.6 Å². The molecule has 1 aromatic carbocycles. The van der Waals surface area contributed by atoms with Gasteiger partial charge in [0.15, 0.2) is 0 Å². The van der Waals surface area contributed by atoms with Crippen LogP contribution in [-0.4, -0.2) is 36.0 Å². The second-order valence-corrected chi connectivity index (χ2v) is 5.04. The molecule has 1 aliphatic rings. The monoisotopic (exact) mass is 306 g/mol. The average molecular weight is 307 g/mol. The number of piperazine rings is 1. The molecule has 0 aliphatic carbocycles. The van der Waals surface area contributed by atoms with Crippen LogP contribution in [0.15, 0.2) is 18.2 Å². The van der Waals surface area contributed by atoms with E-state index in [0.717, 1.165) is 6.54 Å². The molecule has 3 nitrogen and oxygen atoms in total. The summed E-state index contributed by atoms with van der Waals surface area (Å²) in [5, 5.41) is 3.58. The van der Waals surface area contributed by atoms with Gasteiger partial charge >= 0.3 is 0 Å². The number of benzene rings is 1. The van der Waals surface area contributed by atoms with Crippen LogP contribution in [0.4, 0.5) is 4.39 Å². The summed E-state index contributed by atoms with van der Waals surface area (Å²) >= 11 is 5.68. The second-order valence-electron chi connectivity index (χ2n) is 4.61. The maximum absolute atomic E-state index is 13.7. The summed E-state index contributed by atoms with van der Waals surface area (Å²) in [6.07, 6.45) is 0. The van der Waals surface area contributed by atoms with Crippen LogP contribution in [0, 0.1) is 5.82 Å². The summed E-state index contributed by atoms with van der Waals surface area (Å²) < 4.78 is 13.7. The molecule has 2 atom stereocenters. The lowest BCUT2D eigenvalue weighted by Crippen LogP contribution is -2.57. The van der Waals surface area contributed by atoms with E-state index in [2.05, 4.69) is 5.32 Å². The minimum Gasteiger partial charge on any atom is -0.333 e. The van der Waals surface area contributed by atoms with Crippen molar-refractivity contribution in [1.82, 2.24) is 10.2 Å². The van der Waals surface area contributed by atoms with Crippen LogP contribution in [0.1, 0.15) is 24.2 Å². The van der Waals surface area contributed by atoms with Crippen molar-refractivity contribution >= 4 is 29.9 Å². The molecule has 106 valence electrons. The van der Waals surface area contributed by atoms with Gasteiger partial charge in [0.1, 0.15) is 5.82 Å². The van der Waals surface area contributed by atoms with E-state index in [1.54, 1.807) is 4.90 Å². The fourth-order valence-corrected chi connectivity index (χ4v) is 2.32. The molecule has 1 saturated heterocycles. The predicted molar refractivity (Wildman–Crippen MR) is 76.6 cm³/mol. The van der Waals surface area contributed by atoms with Crippen molar-refractivity contribution in [2.75, 3.05) is 13.1 Å². The van der Waals surface area contributed by atoms with Crippen molar-refractivity contribution in [3.8, 4) is 0 Å². The first-order valence-corrected chi connectivity index (χ1v) is 6.38. The highest BCUT2D eigenvalue weighted by Gasteiger charge is 2.29. The minimum atomic E-state index is -0.564. The van der Waals surface area contributed by atoms with E-state index in [1.807, 2.05) is 13.8 Å². The summed E-state index contributed by atoms with van der Waals surface area (Å²) in [7, 11) is 0. The molecule has 0 saturated carbocycles. The first-order chi connectivity index (χ1) is 8.50. The van der Waals surface area contributed by atoms with Crippen molar-refractivity contribution in [3.63, 3.8) is 0 Å². The number of hydrogen-bond acceptors (Lipinski definition) is 2.